The quantitative estimate of drug-likeness (QED) is 0.631. The van der Waals surface area contributed by atoms with Crippen LogP contribution in [-0.4, -0.2) is 52.0 Å². The van der Waals surface area contributed by atoms with E-state index >= 15 is 0 Å². The summed E-state index contributed by atoms with van der Waals surface area (Å²) >= 11 is 0. The standard InChI is InChI=1S/C23H26N4O3S/c24-13-23(15-30-16-23)14-25-20-11-22(26-19-7-3-2-6-18(19)20)27-9-10-31(28,29)21-8-4-1-5-17(21)12-27/h1-8,11H,9-10,12-16,24H2,(H,25,26). The Labute approximate surface area is 182 Å². The van der Waals surface area contributed by atoms with Gasteiger partial charge in [0, 0.05) is 48.7 Å². The number of hydrogen-bond acceptors (Lipinski definition) is 7. The number of pyridine rings is 1. The Hall–Kier alpha value is -2.68. The average molecular weight is 439 g/mol. The number of rotatable bonds is 5. The van der Waals surface area contributed by atoms with Crippen molar-refractivity contribution in [3.05, 3.63) is 60.2 Å². The third kappa shape index (κ3) is 3.75. The van der Waals surface area contributed by atoms with Crippen LogP contribution in [0.2, 0.25) is 0 Å². The average Bonchev–Trinajstić information content (AvgIpc) is 2.89. The third-order valence-electron chi connectivity index (χ3n) is 6.23. The Morgan fingerprint density at radius 2 is 1.90 bits per heavy atom. The zero-order valence-corrected chi connectivity index (χ0v) is 18.1. The number of ether oxygens (including phenoxy) is 1. The largest absolute Gasteiger partial charge is 0.384 e. The number of hydrogen-bond donors (Lipinski definition) is 2. The predicted molar refractivity (Wildman–Crippen MR) is 122 cm³/mol. The molecule has 162 valence electrons. The van der Waals surface area contributed by atoms with E-state index in [-0.39, 0.29) is 11.2 Å². The summed E-state index contributed by atoms with van der Waals surface area (Å²) in [5, 5.41) is 4.60. The third-order valence-corrected chi connectivity index (χ3v) is 8.02. The monoisotopic (exact) mass is 438 g/mol. The minimum atomic E-state index is -3.31. The van der Waals surface area contributed by atoms with Crippen molar-refractivity contribution in [2.24, 2.45) is 11.1 Å². The van der Waals surface area contributed by atoms with Crippen LogP contribution in [0.25, 0.3) is 10.9 Å². The summed E-state index contributed by atoms with van der Waals surface area (Å²) in [7, 11) is -3.31. The molecule has 8 heteroatoms. The molecule has 3 aromatic rings. The van der Waals surface area contributed by atoms with E-state index in [0.29, 0.717) is 44.3 Å². The molecular formula is C23H26N4O3S. The fourth-order valence-electron chi connectivity index (χ4n) is 4.19. The van der Waals surface area contributed by atoms with Crippen LogP contribution >= 0.6 is 0 Å². The van der Waals surface area contributed by atoms with Gasteiger partial charge in [0.25, 0.3) is 0 Å². The molecule has 5 rings (SSSR count). The van der Waals surface area contributed by atoms with Crippen molar-refractivity contribution in [1.29, 1.82) is 0 Å². The van der Waals surface area contributed by atoms with Crippen molar-refractivity contribution in [2.45, 2.75) is 11.4 Å². The van der Waals surface area contributed by atoms with Crippen LogP contribution in [0, 0.1) is 5.41 Å². The Balaban J connectivity index is 1.52. The molecule has 1 fully saturated rings. The van der Waals surface area contributed by atoms with Crippen molar-refractivity contribution in [3.63, 3.8) is 0 Å². The lowest BCUT2D eigenvalue weighted by Crippen LogP contribution is -2.52. The summed E-state index contributed by atoms with van der Waals surface area (Å²) in [6.45, 7) is 3.49. The van der Waals surface area contributed by atoms with E-state index < -0.39 is 9.84 Å². The minimum Gasteiger partial charge on any atom is -0.384 e. The van der Waals surface area contributed by atoms with Gasteiger partial charge in [0.15, 0.2) is 9.84 Å². The van der Waals surface area contributed by atoms with Gasteiger partial charge in [-0.25, -0.2) is 13.4 Å². The lowest BCUT2D eigenvalue weighted by atomic mass is 9.86. The highest BCUT2D eigenvalue weighted by atomic mass is 32.2. The summed E-state index contributed by atoms with van der Waals surface area (Å²) < 4.78 is 30.9. The second-order valence-electron chi connectivity index (χ2n) is 8.44. The number of aromatic nitrogens is 1. The summed E-state index contributed by atoms with van der Waals surface area (Å²) in [5.41, 5.74) is 8.59. The van der Waals surface area contributed by atoms with E-state index in [1.165, 1.54) is 0 Å². The molecule has 0 radical (unpaired) electrons. The zero-order valence-electron chi connectivity index (χ0n) is 17.3. The maximum Gasteiger partial charge on any atom is 0.180 e. The molecule has 3 heterocycles. The molecule has 3 N–H and O–H groups in total. The Morgan fingerprint density at radius 1 is 1.13 bits per heavy atom. The van der Waals surface area contributed by atoms with Gasteiger partial charge in [-0.1, -0.05) is 36.4 Å². The lowest BCUT2D eigenvalue weighted by molar-refractivity contribution is -0.0979. The number of anilines is 2. The number of nitrogens with two attached hydrogens (primary N) is 1. The molecule has 0 amide bonds. The first kappa shape index (κ1) is 20.2. The van der Waals surface area contributed by atoms with Crippen LogP contribution in [0.4, 0.5) is 11.5 Å². The molecule has 31 heavy (non-hydrogen) atoms. The van der Waals surface area contributed by atoms with E-state index in [1.54, 1.807) is 12.1 Å². The molecule has 0 saturated carbocycles. The molecule has 2 aliphatic heterocycles. The van der Waals surface area contributed by atoms with Crippen molar-refractivity contribution in [1.82, 2.24) is 4.98 Å². The van der Waals surface area contributed by atoms with Crippen LogP contribution in [0.5, 0.6) is 0 Å². The predicted octanol–water partition coefficient (Wildman–Crippen LogP) is 2.42. The molecular weight excluding hydrogens is 412 g/mol. The highest BCUT2D eigenvalue weighted by molar-refractivity contribution is 7.91. The second kappa shape index (κ2) is 7.78. The van der Waals surface area contributed by atoms with Gasteiger partial charge in [-0.15, -0.1) is 0 Å². The molecule has 0 atom stereocenters. The molecule has 1 aromatic heterocycles. The second-order valence-corrected chi connectivity index (χ2v) is 10.5. The number of fused-ring (bicyclic) bond motifs is 2. The van der Waals surface area contributed by atoms with Gasteiger partial charge in [0.1, 0.15) is 5.82 Å². The molecule has 2 aromatic carbocycles. The van der Waals surface area contributed by atoms with E-state index in [9.17, 15) is 8.42 Å². The van der Waals surface area contributed by atoms with Gasteiger partial charge < -0.3 is 20.7 Å². The van der Waals surface area contributed by atoms with Gasteiger partial charge in [0.2, 0.25) is 0 Å². The summed E-state index contributed by atoms with van der Waals surface area (Å²) in [4.78, 5) is 7.33. The smallest absolute Gasteiger partial charge is 0.180 e. The van der Waals surface area contributed by atoms with Crippen LogP contribution in [0.3, 0.4) is 0 Å². The first-order valence-corrected chi connectivity index (χ1v) is 12.1. The normalized spacial score (nSPS) is 19.3. The van der Waals surface area contributed by atoms with Gasteiger partial charge in [0.05, 0.1) is 29.4 Å². The fourth-order valence-corrected chi connectivity index (χ4v) is 5.69. The molecule has 0 spiro atoms. The van der Waals surface area contributed by atoms with Gasteiger partial charge in [-0.3, -0.25) is 0 Å². The summed E-state index contributed by atoms with van der Waals surface area (Å²) in [5.74, 6) is 0.828. The molecule has 1 saturated heterocycles. The molecule has 7 nitrogen and oxygen atoms in total. The SMILES string of the molecule is NCC1(CNc2cc(N3CCS(=O)(=O)c4ccccc4C3)nc3ccccc23)COC1. The highest BCUT2D eigenvalue weighted by Crippen LogP contribution is 2.32. The maximum absolute atomic E-state index is 12.8. The maximum atomic E-state index is 12.8. The Morgan fingerprint density at radius 3 is 2.68 bits per heavy atom. The van der Waals surface area contributed by atoms with Crippen molar-refractivity contribution in [2.75, 3.05) is 48.8 Å². The van der Waals surface area contributed by atoms with E-state index in [4.69, 9.17) is 15.5 Å². The number of nitrogens with one attached hydrogen (secondary N) is 1. The first-order valence-electron chi connectivity index (χ1n) is 10.5. The first-order chi connectivity index (χ1) is 15.0. The number of benzene rings is 2. The summed E-state index contributed by atoms with van der Waals surface area (Å²) in [6.07, 6.45) is 0. The van der Waals surface area contributed by atoms with E-state index in [1.807, 2.05) is 47.4 Å². The Kier molecular flexibility index (Phi) is 5.08. The topological polar surface area (TPSA) is 97.6 Å². The Bertz CT molecular complexity index is 1220. The molecule has 0 unspecified atom stereocenters. The van der Waals surface area contributed by atoms with Crippen molar-refractivity contribution >= 4 is 32.2 Å². The van der Waals surface area contributed by atoms with Crippen molar-refractivity contribution in [3.8, 4) is 0 Å². The molecule has 0 bridgehead atoms. The van der Waals surface area contributed by atoms with E-state index in [0.717, 1.165) is 28.0 Å². The van der Waals surface area contributed by atoms with Gasteiger partial charge >= 0.3 is 0 Å². The highest BCUT2D eigenvalue weighted by Gasteiger charge is 2.37. The zero-order chi connectivity index (χ0) is 21.5. The summed E-state index contributed by atoms with van der Waals surface area (Å²) in [6, 6.07) is 17.2. The van der Waals surface area contributed by atoms with Crippen LogP contribution < -0.4 is 16.0 Å². The van der Waals surface area contributed by atoms with Crippen LogP contribution in [-0.2, 0) is 21.1 Å². The van der Waals surface area contributed by atoms with Crippen molar-refractivity contribution < 1.29 is 13.2 Å². The van der Waals surface area contributed by atoms with Gasteiger partial charge in [-0.2, -0.15) is 0 Å². The van der Waals surface area contributed by atoms with E-state index in [2.05, 4.69) is 5.32 Å². The number of nitrogens with zero attached hydrogens (tertiary/aromatic N) is 2. The number of sulfone groups is 1. The fraction of sp³-hybridized carbons (Fsp3) is 0.348. The van der Waals surface area contributed by atoms with Crippen LogP contribution in [0.1, 0.15) is 5.56 Å². The minimum absolute atomic E-state index is 0.0415. The van der Waals surface area contributed by atoms with Gasteiger partial charge in [-0.05, 0) is 17.7 Å². The number of para-hydroxylation sites is 1. The van der Waals surface area contributed by atoms with Crippen LogP contribution in [0.15, 0.2) is 59.5 Å². The molecule has 2 aliphatic rings. The lowest BCUT2D eigenvalue weighted by Gasteiger charge is -2.40. The molecule has 0 aliphatic carbocycles.